The Morgan fingerprint density at radius 2 is 2.07 bits per heavy atom. The number of nitrogens with two attached hydrogens (primary N) is 1. The topological polar surface area (TPSA) is 26.0 Å². The quantitative estimate of drug-likeness (QED) is 0.516. The molecule has 1 aliphatic carbocycles. The first kappa shape index (κ1) is 12.3. The van der Waals surface area contributed by atoms with Gasteiger partial charge in [-0.15, -0.1) is 11.8 Å². The normalized spacial score (nSPS) is 31.4. The fourth-order valence-corrected chi connectivity index (χ4v) is 2.25. The van der Waals surface area contributed by atoms with Gasteiger partial charge in [0.1, 0.15) is 0 Å². The second-order valence-corrected chi connectivity index (χ2v) is 5.81. The lowest BCUT2D eigenvalue weighted by Crippen LogP contribution is -2.46. The molecule has 2 unspecified atom stereocenters. The molecule has 0 saturated carbocycles. The van der Waals surface area contributed by atoms with E-state index in [1.165, 1.54) is 0 Å². The van der Waals surface area contributed by atoms with Gasteiger partial charge in [-0.3, -0.25) is 0 Å². The molecule has 0 fully saturated rings. The Morgan fingerprint density at radius 1 is 1.47 bits per heavy atom. The molecule has 0 saturated heterocycles. The molecule has 0 aliphatic heterocycles. The summed E-state index contributed by atoms with van der Waals surface area (Å²) < 4.78 is 0. The predicted octanol–water partition coefficient (Wildman–Crippen LogP) is 3.11. The second kappa shape index (κ2) is 4.02. The zero-order valence-corrected chi connectivity index (χ0v) is 10.5. The molecule has 1 nitrogen and oxygen atoms in total. The molecule has 0 amide bonds. The van der Waals surface area contributed by atoms with E-state index in [1.54, 1.807) is 0 Å². The van der Waals surface area contributed by atoms with E-state index in [4.69, 9.17) is 5.73 Å². The molecule has 84 valence electrons. The van der Waals surface area contributed by atoms with Crippen LogP contribution in [0.2, 0.25) is 0 Å². The minimum atomic E-state index is -0.242. The van der Waals surface area contributed by atoms with Crippen LogP contribution in [-0.4, -0.2) is 5.54 Å². The summed E-state index contributed by atoms with van der Waals surface area (Å²) in [6, 6.07) is 0. The first-order chi connectivity index (χ1) is 6.76. The maximum absolute atomic E-state index is 6.50. The zero-order valence-electron chi connectivity index (χ0n) is 10.5. The van der Waals surface area contributed by atoms with Crippen LogP contribution in [0.5, 0.6) is 0 Å². The Bertz CT molecular complexity index is 310. The highest BCUT2D eigenvalue weighted by Crippen LogP contribution is 2.38. The van der Waals surface area contributed by atoms with Crippen LogP contribution in [0.3, 0.4) is 0 Å². The molecule has 0 aromatic carbocycles. The lowest BCUT2D eigenvalue weighted by Gasteiger charge is -2.38. The van der Waals surface area contributed by atoms with E-state index >= 15 is 0 Å². The Hall–Kier alpha value is -0.740. The van der Waals surface area contributed by atoms with Gasteiger partial charge in [0.25, 0.3) is 0 Å². The maximum Gasteiger partial charge on any atom is 0.0392 e. The summed E-state index contributed by atoms with van der Waals surface area (Å²) in [7, 11) is 0. The monoisotopic (exact) mass is 205 g/mol. The van der Waals surface area contributed by atoms with Gasteiger partial charge in [-0.05, 0) is 18.3 Å². The molecule has 1 rings (SSSR count). The van der Waals surface area contributed by atoms with Crippen molar-refractivity contribution >= 4 is 0 Å². The summed E-state index contributed by atoms with van der Waals surface area (Å²) in [5.41, 5.74) is 7.50. The van der Waals surface area contributed by atoms with Crippen molar-refractivity contribution in [3.05, 3.63) is 12.2 Å². The minimum Gasteiger partial charge on any atom is -0.322 e. The Kier molecular flexibility index (Phi) is 3.31. The van der Waals surface area contributed by atoms with Crippen LogP contribution in [0.15, 0.2) is 12.2 Å². The summed E-state index contributed by atoms with van der Waals surface area (Å²) in [6.45, 7) is 12.9. The van der Waals surface area contributed by atoms with Gasteiger partial charge < -0.3 is 5.73 Å². The first-order valence-corrected chi connectivity index (χ1v) is 5.73. The Labute approximate surface area is 94.1 Å². The van der Waals surface area contributed by atoms with E-state index in [0.29, 0.717) is 5.92 Å². The maximum atomic E-state index is 6.50. The second-order valence-electron chi connectivity index (χ2n) is 5.81. The van der Waals surface area contributed by atoms with Crippen molar-refractivity contribution in [2.24, 2.45) is 17.1 Å². The van der Waals surface area contributed by atoms with E-state index in [0.717, 1.165) is 24.8 Å². The van der Waals surface area contributed by atoms with E-state index in [2.05, 4.69) is 46.1 Å². The number of hydrogen-bond donors (Lipinski definition) is 1. The Balaban J connectivity index is 2.88. The van der Waals surface area contributed by atoms with E-state index in [1.807, 2.05) is 0 Å². The molecule has 0 aromatic rings. The van der Waals surface area contributed by atoms with Gasteiger partial charge in [0, 0.05) is 17.9 Å². The standard InChI is InChI=1S/C14H23N/c1-11-8-6-7-9-14(15,10-11)12(2)13(3,4)5/h11H,2,7,9-10,15H2,1,3-5H3. The molecule has 0 bridgehead atoms. The molecule has 1 heteroatoms. The van der Waals surface area contributed by atoms with Crippen molar-refractivity contribution < 1.29 is 0 Å². The molecule has 15 heavy (non-hydrogen) atoms. The Morgan fingerprint density at radius 3 is 2.60 bits per heavy atom. The highest BCUT2D eigenvalue weighted by Gasteiger charge is 2.35. The average molecular weight is 205 g/mol. The smallest absolute Gasteiger partial charge is 0.0392 e. The fourth-order valence-electron chi connectivity index (χ4n) is 2.25. The van der Waals surface area contributed by atoms with Gasteiger partial charge >= 0.3 is 0 Å². The third-order valence-electron chi connectivity index (χ3n) is 3.22. The minimum absolute atomic E-state index is 0.0822. The molecule has 0 spiro atoms. The van der Waals surface area contributed by atoms with Crippen molar-refractivity contribution in [1.29, 1.82) is 0 Å². The summed E-state index contributed by atoms with van der Waals surface area (Å²) in [6.07, 6.45) is 2.78. The third-order valence-corrected chi connectivity index (χ3v) is 3.22. The van der Waals surface area contributed by atoms with Crippen LogP contribution < -0.4 is 5.73 Å². The van der Waals surface area contributed by atoms with Gasteiger partial charge in [0.05, 0.1) is 0 Å². The molecule has 2 N–H and O–H groups in total. The number of hydrogen-bond acceptors (Lipinski definition) is 1. The van der Waals surface area contributed by atoms with Crippen molar-refractivity contribution in [1.82, 2.24) is 0 Å². The molecule has 0 heterocycles. The molecule has 2 atom stereocenters. The van der Waals surface area contributed by atoms with Gasteiger partial charge in [-0.25, -0.2) is 0 Å². The SMILES string of the molecule is C=C(C(C)(C)C)C1(N)CCC#CC(C)C1. The summed E-state index contributed by atoms with van der Waals surface area (Å²) in [5.74, 6) is 6.81. The molecular formula is C14H23N. The molecule has 1 aliphatic rings. The predicted molar refractivity (Wildman–Crippen MR) is 66.3 cm³/mol. The van der Waals surface area contributed by atoms with Crippen LogP contribution in [0.1, 0.15) is 47.0 Å². The van der Waals surface area contributed by atoms with Crippen molar-refractivity contribution in [2.45, 2.75) is 52.5 Å². The van der Waals surface area contributed by atoms with Crippen LogP contribution >= 0.6 is 0 Å². The van der Waals surface area contributed by atoms with E-state index < -0.39 is 0 Å². The summed E-state index contributed by atoms with van der Waals surface area (Å²) in [4.78, 5) is 0. The van der Waals surface area contributed by atoms with Crippen LogP contribution in [0.25, 0.3) is 0 Å². The van der Waals surface area contributed by atoms with E-state index in [9.17, 15) is 0 Å². The van der Waals surface area contributed by atoms with Crippen LogP contribution in [0, 0.1) is 23.2 Å². The van der Waals surface area contributed by atoms with Gasteiger partial charge in [0.2, 0.25) is 0 Å². The van der Waals surface area contributed by atoms with Crippen molar-refractivity contribution in [3.63, 3.8) is 0 Å². The lowest BCUT2D eigenvalue weighted by molar-refractivity contribution is 0.328. The highest BCUT2D eigenvalue weighted by atomic mass is 14.8. The van der Waals surface area contributed by atoms with Gasteiger partial charge in [-0.2, -0.15) is 0 Å². The van der Waals surface area contributed by atoms with Crippen LogP contribution in [0.4, 0.5) is 0 Å². The summed E-state index contributed by atoms with van der Waals surface area (Å²) in [5, 5.41) is 0. The van der Waals surface area contributed by atoms with Crippen molar-refractivity contribution in [3.8, 4) is 11.8 Å². The number of rotatable bonds is 1. The third kappa shape index (κ3) is 2.86. The largest absolute Gasteiger partial charge is 0.322 e. The van der Waals surface area contributed by atoms with Crippen molar-refractivity contribution in [2.75, 3.05) is 0 Å². The van der Waals surface area contributed by atoms with Gasteiger partial charge in [-0.1, -0.05) is 39.8 Å². The van der Waals surface area contributed by atoms with Gasteiger partial charge in [0.15, 0.2) is 0 Å². The van der Waals surface area contributed by atoms with E-state index in [-0.39, 0.29) is 11.0 Å². The lowest BCUT2D eigenvalue weighted by atomic mass is 9.71. The zero-order chi connectivity index (χ0) is 11.7. The molecule has 0 aromatic heterocycles. The molecular weight excluding hydrogens is 182 g/mol. The average Bonchev–Trinajstić information content (AvgIpc) is 2.25. The molecule has 0 radical (unpaired) electrons. The first-order valence-electron chi connectivity index (χ1n) is 5.73. The fraction of sp³-hybridized carbons (Fsp3) is 0.714. The van der Waals surface area contributed by atoms with Crippen LogP contribution in [-0.2, 0) is 0 Å². The summed E-state index contributed by atoms with van der Waals surface area (Å²) >= 11 is 0. The highest BCUT2D eigenvalue weighted by molar-refractivity contribution is 5.25.